The lowest BCUT2D eigenvalue weighted by Gasteiger charge is -2.37. The Morgan fingerprint density at radius 2 is 1.52 bits per heavy atom. The summed E-state index contributed by atoms with van der Waals surface area (Å²) >= 11 is 0. The Balaban J connectivity index is 1.55. The molecule has 0 aliphatic carbocycles. The summed E-state index contributed by atoms with van der Waals surface area (Å²) in [5.41, 5.74) is 2.17. The first kappa shape index (κ1) is 17.5. The third-order valence-electron chi connectivity index (χ3n) is 4.78. The number of methoxy groups -OCH3 is 1. The molecule has 0 unspecified atom stereocenters. The third kappa shape index (κ3) is 3.95. The van der Waals surface area contributed by atoms with Crippen LogP contribution in [0, 0.1) is 0 Å². The summed E-state index contributed by atoms with van der Waals surface area (Å²) < 4.78 is 10.7. The van der Waals surface area contributed by atoms with Gasteiger partial charge in [0.1, 0.15) is 12.4 Å². The lowest BCUT2D eigenvalue weighted by Crippen LogP contribution is -2.47. The van der Waals surface area contributed by atoms with Crippen LogP contribution in [-0.2, 0) is 4.74 Å². The predicted octanol–water partition coefficient (Wildman–Crippen LogP) is 2.98. The molecule has 0 N–H and O–H groups in total. The van der Waals surface area contributed by atoms with Gasteiger partial charge in [-0.2, -0.15) is 9.97 Å². The van der Waals surface area contributed by atoms with Gasteiger partial charge in [-0.1, -0.05) is 30.3 Å². The van der Waals surface area contributed by atoms with E-state index < -0.39 is 0 Å². The number of rotatable bonds is 6. The molecule has 140 valence electrons. The molecule has 1 saturated heterocycles. The van der Waals surface area contributed by atoms with Gasteiger partial charge in [-0.05, 0) is 24.3 Å². The van der Waals surface area contributed by atoms with Gasteiger partial charge in [0, 0.05) is 44.4 Å². The van der Waals surface area contributed by atoms with Crippen LogP contribution in [0.5, 0.6) is 6.01 Å². The minimum Gasteiger partial charge on any atom is -0.461 e. The van der Waals surface area contributed by atoms with Crippen LogP contribution >= 0.6 is 0 Å². The highest BCUT2D eigenvalue weighted by molar-refractivity contribution is 5.89. The number of nitrogens with zero attached hydrogens (tertiary/aromatic N) is 4. The highest BCUT2D eigenvalue weighted by Crippen LogP contribution is 2.27. The molecule has 1 aliphatic heterocycles. The standard InChI is InChI=1S/C21H24N4O2/c1-26-15-16-27-21-22-19-10-6-5-9-18(19)20(23-21)25-13-11-24(12-14-25)17-7-3-2-4-8-17/h2-10H,11-16H2,1H3. The van der Waals surface area contributed by atoms with Gasteiger partial charge >= 0.3 is 6.01 Å². The molecule has 3 aromatic rings. The fourth-order valence-electron chi connectivity index (χ4n) is 3.38. The first-order valence-corrected chi connectivity index (χ1v) is 9.28. The maximum Gasteiger partial charge on any atom is 0.319 e. The van der Waals surface area contributed by atoms with Crippen molar-refractivity contribution in [3.63, 3.8) is 0 Å². The van der Waals surface area contributed by atoms with E-state index >= 15 is 0 Å². The minimum atomic E-state index is 0.409. The van der Waals surface area contributed by atoms with Crippen LogP contribution < -0.4 is 14.5 Å². The molecule has 2 aromatic carbocycles. The summed E-state index contributed by atoms with van der Waals surface area (Å²) in [5, 5.41) is 1.06. The Kier molecular flexibility index (Phi) is 5.34. The second-order valence-electron chi connectivity index (χ2n) is 6.50. The summed E-state index contributed by atoms with van der Waals surface area (Å²) in [6, 6.07) is 19.1. The molecule has 0 bridgehead atoms. The largest absolute Gasteiger partial charge is 0.461 e. The van der Waals surface area contributed by atoms with Gasteiger partial charge in [0.2, 0.25) is 0 Å². The Morgan fingerprint density at radius 1 is 0.815 bits per heavy atom. The average Bonchev–Trinajstić information content (AvgIpc) is 2.74. The van der Waals surface area contributed by atoms with Crippen molar-refractivity contribution in [1.29, 1.82) is 0 Å². The number of anilines is 2. The van der Waals surface area contributed by atoms with Gasteiger partial charge in [0.15, 0.2) is 0 Å². The number of benzene rings is 2. The van der Waals surface area contributed by atoms with E-state index in [0.29, 0.717) is 19.2 Å². The molecule has 1 aliphatic rings. The lowest BCUT2D eigenvalue weighted by molar-refractivity contribution is 0.141. The van der Waals surface area contributed by atoms with E-state index in [9.17, 15) is 0 Å². The normalized spacial score (nSPS) is 14.6. The van der Waals surface area contributed by atoms with Crippen LogP contribution in [0.2, 0.25) is 0 Å². The Bertz CT molecular complexity index is 880. The van der Waals surface area contributed by atoms with E-state index in [0.717, 1.165) is 42.9 Å². The fraction of sp³-hybridized carbons (Fsp3) is 0.333. The van der Waals surface area contributed by atoms with E-state index in [1.54, 1.807) is 7.11 Å². The first-order valence-electron chi connectivity index (χ1n) is 9.28. The van der Waals surface area contributed by atoms with E-state index in [1.165, 1.54) is 5.69 Å². The van der Waals surface area contributed by atoms with Crippen molar-refractivity contribution in [1.82, 2.24) is 9.97 Å². The molecule has 1 aromatic heterocycles. The Hall–Kier alpha value is -2.86. The molecule has 2 heterocycles. The summed E-state index contributed by atoms with van der Waals surface area (Å²) in [6.07, 6.45) is 0. The van der Waals surface area contributed by atoms with Gasteiger partial charge in [0.05, 0.1) is 12.1 Å². The number of aromatic nitrogens is 2. The third-order valence-corrected chi connectivity index (χ3v) is 4.78. The maximum atomic E-state index is 5.69. The highest BCUT2D eigenvalue weighted by atomic mass is 16.5. The van der Waals surface area contributed by atoms with Crippen molar-refractivity contribution in [3.8, 4) is 6.01 Å². The quantitative estimate of drug-likeness (QED) is 0.627. The zero-order valence-electron chi connectivity index (χ0n) is 15.5. The summed E-state index contributed by atoms with van der Waals surface area (Å²) in [7, 11) is 1.66. The van der Waals surface area contributed by atoms with E-state index in [-0.39, 0.29) is 0 Å². The van der Waals surface area contributed by atoms with E-state index in [1.807, 2.05) is 18.2 Å². The van der Waals surface area contributed by atoms with Gasteiger partial charge in [-0.3, -0.25) is 0 Å². The monoisotopic (exact) mass is 364 g/mol. The number of hydrogen-bond acceptors (Lipinski definition) is 6. The van der Waals surface area contributed by atoms with Gasteiger partial charge in [-0.15, -0.1) is 0 Å². The first-order chi connectivity index (χ1) is 13.3. The van der Waals surface area contributed by atoms with Crippen molar-refractivity contribution in [2.75, 3.05) is 56.3 Å². The Labute approximate surface area is 159 Å². The molecular weight excluding hydrogens is 340 g/mol. The number of para-hydroxylation sites is 2. The molecule has 0 amide bonds. The number of ether oxygens (including phenoxy) is 2. The smallest absolute Gasteiger partial charge is 0.319 e. The van der Waals surface area contributed by atoms with Crippen LogP contribution in [-0.4, -0.2) is 56.5 Å². The minimum absolute atomic E-state index is 0.409. The lowest BCUT2D eigenvalue weighted by atomic mass is 10.2. The molecule has 0 spiro atoms. The molecule has 6 nitrogen and oxygen atoms in total. The van der Waals surface area contributed by atoms with Crippen LogP contribution in [0.1, 0.15) is 0 Å². The number of fused-ring (bicyclic) bond motifs is 1. The van der Waals surface area contributed by atoms with Crippen molar-refractivity contribution < 1.29 is 9.47 Å². The summed E-state index contributed by atoms with van der Waals surface area (Å²) in [4.78, 5) is 14.0. The zero-order chi connectivity index (χ0) is 18.5. The molecule has 0 saturated carbocycles. The van der Waals surface area contributed by atoms with Crippen molar-refractivity contribution in [2.24, 2.45) is 0 Å². The van der Waals surface area contributed by atoms with Crippen LogP contribution in [0.3, 0.4) is 0 Å². The van der Waals surface area contributed by atoms with Crippen molar-refractivity contribution in [3.05, 3.63) is 54.6 Å². The Morgan fingerprint density at radius 3 is 2.30 bits per heavy atom. The van der Waals surface area contributed by atoms with Gasteiger partial charge in [0.25, 0.3) is 0 Å². The summed E-state index contributed by atoms with van der Waals surface area (Å²) in [6.45, 7) is 4.70. The summed E-state index contributed by atoms with van der Waals surface area (Å²) in [5.74, 6) is 0.945. The molecule has 0 radical (unpaired) electrons. The topological polar surface area (TPSA) is 50.7 Å². The van der Waals surface area contributed by atoms with Crippen LogP contribution in [0.15, 0.2) is 54.6 Å². The highest BCUT2D eigenvalue weighted by Gasteiger charge is 2.21. The number of hydrogen-bond donors (Lipinski definition) is 0. The van der Waals surface area contributed by atoms with Crippen molar-refractivity contribution in [2.45, 2.75) is 0 Å². The zero-order valence-corrected chi connectivity index (χ0v) is 15.5. The molecule has 4 rings (SSSR count). The molecular formula is C21H24N4O2. The maximum absolute atomic E-state index is 5.69. The second kappa shape index (κ2) is 8.22. The van der Waals surface area contributed by atoms with Crippen molar-refractivity contribution >= 4 is 22.4 Å². The average molecular weight is 364 g/mol. The number of piperazine rings is 1. The molecule has 27 heavy (non-hydrogen) atoms. The van der Waals surface area contributed by atoms with Crippen LogP contribution in [0.4, 0.5) is 11.5 Å². The molecule has 6 heteroatoms. The van der Waals surface area contributed by atoms with E-state index in [4.69, 9.17) is 14.5 Å². The van der Waals surface area contributed by atoms with Gasteiger partial charge < -0.3 is 19.3 Å². The van der Waals surface area contributed by atoms with Gasteiger partial charge in [-0.25, -0.2) is 0 Å². The SMILES string of the molecule is COCCOc1nc(N2CCN(c3ccccc3)CC2)c2ccccc2n1. The van der Waals surface area contributed by atoms with Crippen LogP contribution in [0.25, 0.3) is 10.9 Å². The molecule has 1 fully saturated rings. The fourth-order valence-corrected chi connectivity index (χ4v) is 3.38. The second-order valence-corrected chi connectivity index (χ2v) is 6.50. The van der Waals surface area contributed by atoms with E-state index in [2.05, 4.69) is 51.2 Å². The predicted molar refractivity (Wildman–Crippen MR) is 108 cm³/mol. The molecule has 0 atom stereocenters.